The van der Waals surface area contributed by atoms with Crippen molar-refractivity contribution in [1.29, 1.82) is 0 Å². The predicted molar refractivity (Wildman–Crippen MR) is 68.5 cm³/mol. The summed E-state index contributed by atoms with van der Waals surface area (Å²) < 4.78 is 5.14. The molecule has 0 aliphatic rings. The summed E-state index contributed by atoms with van der Waals surface area (Å²) in [6.45, 7) is 3.13. The molecule has 7 heteroatoms. The molecule has 0 aliphatic heterocycles. The van der Waals surface area contributed by atoms with Gasteiger partial charge < -0.3 is 4.42 Å². The lowest BCUT2D eigenvalue weighted by Crippen LogP contribution is -1.97. The fourth-order valence-corrected chi connectivity index (χ4v) is 2.29. The van der Waals surface area contributed by atoms with Crippen molar-refractivity contribution in [2.24, 2.45) is 0 Å². The largest absolute Gasteiger partial charge is 0.439 e. The van der Waals surface area contributed by atoms with Crippen molar-refractivity contribution in [2.75, 3.05) is 0 Å². The Hall–Kier alpha value is -2.15. The number of carbonyl (C=O) groups is 1. The van der Waals surface area contributed by atoms with Crippen LogP contribution in [0.3, 0.4) is 0 Å². The monoisotopic (exact) mass is 278 g/mol. The van der Waals surface area contributed by atoms with Crippen molar-refractivity contribution in [2.45, 2.75) is 24.0 Å². The first-order chi connectivity index (χ1) is 8.97. The van der Waals surface area contributed by atoms with Gasteiger partial charge in [-0.05, 0) is 37.7 Å². The first kappa shape index (κ1) is 13.3. The Balaban J connectivity index is 2.39. The third kappa shape index (κ3) is 3.00. The molecule has 1 aromatic carbocycles. The van der Waals surface area contributed by atoms with E-state index in [4.69, 9.17) is 4.42 Å². The van der Waals surface area contributed by atoms with E-state index in [-0.39, 0.29) is 11.5 Å². The minimum absolute atomic E-state index is 0.131. The normalized spacial score (nSPS) is 10.4. The third-order valence-electron chi connectivity index (χ3n) is 2.36. The van der Waals surface area contributed by atoms with Gasteiger partial charge >= 0.3 is 0 Å². The Morgan fingerprint density at radius 3 is 2.74 bits per heavy atom. The summed E-state index contributed by atoms with van der Waals surface area (Å²) in [4.78, 5) is 26.2. The zero-order chi connectivity index (χ0) is 14.0. The minimum Gasteiger partial charge on any atom is -0.439 e. The number of hydrogen-bond donors (Lipinski definition) is 0. The average Bonchev–Trinajstić information content (AvgIpc) is 2.74. The van der Waals surface area contributed by atoms with Crippen molar-refractivity contribution < 1.29 is 14.1 Å². The van der Waals surface area contributed by atoms with E-state index in [1.165, 1.54) is 25.3 Å². The second kappa shape index (κ2) is 5.23. The fraction of sp³-hybridized carbons (Fsp3) is 0.167. The number of carbonyl (C=O) groups excluding carboxylic acids is 1. The van der Waals surface area contributed by atoms with E-state index >= 15 is 0 Å². The number of Topliss-reactive ketones (excluding diaryl/α,β-unsaturated/α-hetero) is 1. The van der Waals surface area contributed by atoms with Crippen molar-refractivity contribution in [3.8, 4) is 0 Å². The van der Waals surface area contributed by atoms with E-state index in [1.807, 2.05) is 0 Å². The summed E-state index contributed by atoms with van der Waals surface area (Å²) >= 11 is 1.05. The van der Waals surface area contributed by atoms with Crippen LogP contribution in [0.5, 0.6) is 0 Å². The average molecular weight is 278 g/mol. The lowest BCUT2D eigenvalue weighted by molar-refractivity contribution is -0.387. The van der Waals surface area contributed by atoms with Gasteiger partial charge in [0.25, 0.3) is 10.9 Å². The van der Waals surface area contributed by atoms with E-state index in [2.05, 4.69) is 4.98 Å². The van der Waals surface area contributed by atoms with Gasteiger partial charge in [0.1, 0.15) is 6.26 Å². The zero-order valence-corrected chi connectivity index (χ0v) is 11.1. The van der Waals surface area contributed by atoms with Gasteiger partial charge in [-0.1, -0.05) is 0 Å². The van der Waals surface area contributed by atoms with Gasteiger partial charge in [0.05, 0.1) is 15.5 Å². The standard InChI is InChI=1S/C12H10N2O4S/c1-7-6-18-12(13-7)19-11-4-3-9(8(2)15)5-10(11)14(16)17/h3-6H,1-2H3. The van der Waals surface area contributed by atoms with Crippen LogP contribution in [0.2, 0.25) is 0 Å². The molecule has 0 N–H and O–H groups in total. The highest BCUT2D eigenvalue weighted by Gasteiger charge is 2.18. The number of aryl methyl sites for hydroxylation is 1. The molecule has 6 nitrogen and oxygen atoms in total. The molecule has 2 rings (SSSR count). The van der Waals surface area contributed by atoms with Gasteiger partial charge in [-0.15, -0.1) is 0 Å². The maximum atomic E-state index is 11.2. The van der Waals surface area contributed by atoms with E-state index in [0.717, 1.165) is 11.8 Å². The maximum absolute atomic E-state index is 11.2. The van der Waals surface area contributed by atoms with E-state index < -0.39 is 4.92 Å². The molecule has 0 radical (unpaired) electrons. The summed E-state index contributed by atoms with van der Waals surface area (Å²) in [5.41, 5.74) is 0.874. The Labute approximate surface area is 113 Å². The van der Waals surface area contributed by atoms with Crippen molar-refractivity contribution in [3.63, 3.8) is 0 Å². The molecule has 0 atom stereocenters. The lowest BCUT2D eigenvalue weighted by Gasteiger charge is -2.01. The number of nitrogens with zero attached hydrogens (tertiary/aromatic N) is 2. The Bertz CT molecular complexity index is 651. The topological polar surface area (TPSA) is 86.2 Å². The number of oxazole rings is 1. The molecule has 98 valence electrons. The Kier molecular flexibility index (Phi) is 3.66. The van der Waals surface area contributed by atoms with Gasteiger partial charge in [0.2, 0.25) is 0 Å². The summed E-state index contributed by atoms with van der Waals surface area (Å²) in [7, 11) is 0. The fourth-order valence-electron chi connectivity index (χ4n) is 1.44. The number of ketones is 1. The number of nitro groups is 1. The zero-order valence-electron chi connectivity index (χ0n) is 10.2. The summed E-state index contributed by atoms with van der Waals surface area (Å²) in [6, 6.07) is 4.34. The van der Waals surface area contributed by atoms with E-state index in [9.17, 15) is 14.9 Å². The van der Waals surface area contributed by atoms with Crippen LogP contribution in [0.4, 0.5) is 5.69 Å². The van der Waals surface area contributed by atoms with Crippen LogP contribution in [0.25, 0.3) is 0 Å². The lowest BCUT2D eigenvalue weighted by atomic mass is 10.1. The van der Waals surface area contributed by atoms with E-state index in [0.29, 0.717) is 21.4 Å². The first-order valence-electron chi connectivity index (χ1n) is 5.36. The van der Waals surface area contributed by atoms with Crippen molar-refractivity contribution in [1.82, 2.24) is 4.98 Å². The molecule has 0 saturated heterocycles. The van der Waals surface area contributed by atoms with Gasteiger partial charge in [0, 0.05) is 11.6 Å². The molecular formula is C12H10N2O4S. The second-order valence-corrected chi connectivity index (χ2v) is 4.85. The van der Waals surface area contributed by atoms with Crippen molar-refractivity contribution >= 4 is 23.2 Å². The highest BCUT2D eigenvalue weighted by molar-refractivity contribution is 7.99. The van der Waals surface area contributed by atoms with Crippen LogP contribution in [0, 0.1) is 17.0 Å². The Morgan fingerprint density at radius 1 is 1.47 bits per heavy atom. The maximum Gasteiger partial charge on any atom is 0.284 e. The van der Waals surface area contributed by atoms with Crippen LogP contribution < -0.4 is 0 Å². The molecule has 0 saturated carbocycles. The number of rotatable bonds is 4. The molecule has 19 heavy (non-hydrogen) atoms. The first-order valence-corrected chi connectivity index (χ1v) is 6.18. The Morgan fingerprint density at radius 2 is 2.21 bits per heavy atom. The highest BCUT2D eigenvalue weighted by Crippen LogP contribution is 2.34. The minimum atomic E-state index is -0.523. The van der Waals surface area contributed by atoms with Crippen LogP contribution in [-0.2, 0) is 0 Å². The third-order valence-corrected chi connectivity index (χ3v) is 3.28. The molecule has 0 fully saturated rings. The van der Waals surface area contributed by atoms with Gasteiger partial charge in [-0.25, -0.2) is 4.98 Å². The van der Waals surface area contributed by atoms with Gasteiger partial charge in [-0.2, -0.15) is 0 Å². The summed E-state index contributed by atoms with van der Waals surface area (Å²) in [5, 5.41) is 11.4. The second-order valence-electron chi connectivity index (χ2n) is 3.85. The molecule has 0 unspecified atom stereocenters. The SMILES string of the molecule is CC(=O)c1ccc(Sc2nc(C)co2)c([N+](=O)[O-])c1. The molecule has 0 bridgehead atoms. The number of aromatic nitrogens is 1. The van der Waals surface area contributed by atoms with Gasteiger partial charge in [-0.3, -0.25) is 14.9 Å². The van der Waals surface area contributed by atoms with Gasteiger partial charge in [0.15, 0.2) is 5.78 Å². The number of benzene rings is 1. The quantitative estimate of drug-likeness (QED) is 0.484. The van der Waals surface area contributed by atoms with E-state index in [1.54, 1.807) is 13.0 Å². The molecule has 1 heterocycles. The number of hydrogen-bond acceptors (Lipinski definition) is 6. The molecule has 2 aromatic rings. The molecule has 0 spiro atoms. The molecule has 1 aromatic heterocycles. The number of nitro benzene ring substituents is 1. The van der Waals surface area contributed by atoms with Crippen LogP contribution >= 0.6 is 11.8 Å². The van der Waals surface area contributed by atoms with Crippen LogP contribution in [0.15, 0.2) is 39.0 Å². The van der Waals surface area contributed by atoms with Crippen molar-refractivity contribution in [3.05, 3.63) is 45.8 Å². The summed E-state index contributed by atoms with van der Waals surface area (Å²) in [6.07, 6.45) is 1.47. The molecular weight excluding hydrogens is 268 g/mol. The highest BCUT2D eigenvalue weighted by atomic mass is 32.2. The van der Waals surface area contributed by atoms with Crippen LogP contribution in [-0.4, -0.2) is 15.7 Å². The predicted octanol–water partition coefficient (Wildman–Crippen LogP) is 3.25. The molecule has 0 aliphatic carbocycles. The smallest absolute Gasteiger partial charge is 0.284 e. The molecule has 0 amide bonds. The van der Waals surface area contributed by atoms with Crippen LogP contribution in [0.1, 0.15) is 23.0 Å². The summed E-state index contributed by atoms with van der Waals surface area (Å²) in [5.74, 6) is -0.216.